The largest absolute Gasteiger partial charge is 0.494 e. The molecule has 0 amide bonds. The Bertz CT molecular complexity index is 846. The molecule has 2 aromatic carbocycles. The topological polar surface area (TPSA) is 79.2 Å². The van der Waals surface area contributed by atoms with Crippen LogP contribution in [-0.2, 0) is 10.0 Å². The van der Waals surface area contributed by atoms with Crippen molar-refractivity contribution in [3.63, 3.8) is 0 Å². The van der Waals surface area contributed by atoms with Gasteiger partial charge in [-0.3, -0.25) is 4.72 Å². The first-order valence-corrected chi connectivity index (χ1v) is 8.59. The van der Waals surface area contributed by atoms with Crippen molar-refractivity contribution in [1.29, 1.82) is 5.26 Å². The lowest BCUT2D eigenvalue weighted by Gasteiger charge is -2.13. The highest BCUT2D eigenvalue weighted by molar-refractivity contribution is 9.10. The zero-order valence-corrected chi connectivity index (χ0v) is 14.5. The Balaban J connectivity index is 2.44. The Hall–Kier alpha value is -1.75. The third-order valence-electron chi connectivity index (χ3n) is 2.73. The Kier molecular flexibility index (Phi) is 4.96. The number of halogens is 2. The summed E-state index contributed by atoms with van der Waals surface area (Å²) in [4.78, 5) is -0.0845. The van der Waals surface area contributed by atoms with Gasteiger partial charge in [-0.15, -0.1) is 0 Å². The van der Waals surface area contributed by atoms with Crippen molar-refractivity contribution in [2.75, 3.05) is 11.8 Å². The molecule has 0 atom stereocenters. The van der Waals surface area contributed by atoms with Gasteiger partial charge in [-0.1, -0.05) is 11.6 Å². The van der Waals surface area contributed by atoms with Crippen LogP contribution in [0.1, 0.15) is 5.56 Å². The van der Waals surface area contributed by atoms with Crippen LogP contribution in [0.5, 0.6) is 5.75 Å². The first kappa shape index (κ1) is 16.6. The number of ether oxygens (including phenoxy) is 1. The smallest absolute Gasteiger partial charge is 0.265 e. The molecule has 5 nitrogen and oxygen atoms in total. The van der Waals surface area contributed by atoms with Gasteiger partial charge in [0.15, 0.2) is 5.75 Å². The van der Waals surface area contributed by atoms with E-state index in [9.17, 15) is 8.42 Å². The van der Waals surface area contributed by atoms with E-state index in [4.69, 9.17) is 21.6 Å². The molecule has 0 radical (unpaired) electrons. The molecule has 0 aliphatic heterocycles. The molecule has 114 valence electrons. The van der Waals surface area contributed by atoms with Crippen LogP contribution in [0.4, 0.5) is 5.69 Å². The summed E-state index contributed by atoms with van der Waals surface area (Å²) in [6.07, 6.45) is 0. The van der Waals surface area contributed by atoms with E-state index in [0.717, 1.165) is 0 Å². The number of rotatable bonds is 4. The number of nitriles is 1. The second-order valence-corrected chi connectivity index (χ2v) is 7.16. The number of hydrogen-bond donors (Lipinski definition) is 1. The van der Waals surface area contributed by atoms with E-state index in [1.165, 1.54) is 37.4 Å². The first-order valence-electron chi connectivity index (χ1n) is 5.93. The summed E-state index contributed by atoms with van der Waals surface area (Å²) in [5, 5.41) is 9.00. The number of hydrogen-bond acceptors (Lipinski definition) is 4. The highest BCUT2D eigenvalue weighted by Gasteiger charge is 2.22. The predicted molar refractivity (Wildman–Crippen MR) is 87.7 cm³/mol. The zero-order chi connectivity index (χ0) is 16.3. The monoisotopic (exact) mass is 400 g/mol. The van der Waals surface area contributed by atoms with Crippen molar-refractivity contribution in [3.8, 4) is 11.8 Å². The van der Waals surface area contributed by atoms with Crippen LogP contribution < -0.4 is 9.46 Å². The lowest BCUT2D eigenvalue weighted by atomic mass is 10.2. The highest BCUT2D eigenvalue weighted by Crippen LogP contribution is 2.36. The Labute approximate surface area is 141 Å². The highest BCUT2D eigenvalue weighted by atomic mass is 79.9. The van der Waals surface area contributed by atoms with Crippen LogP contribution in [0.2, 0.25) is 5.02 Å². The second-order valence-electron chi connectivity index (χ2n) is 4.21. The molecule has 1 N–H and O–H groups in total. The van der Waals surface area contributed by atoms with E-state index in [0.29, 0.717) is 15.7 Å². The molecule has 22 heavy (non-hydrogen) atoms. The number of anilines is 1. The molecule has 0 aliphatic carbocycles. The maximum Gasteiger partial charge on any atom is 0.265 e. The van der Waals surface area contributed by atoms with Crippen molar-refractivity contribution in [1.82, 2.24) is 0 Å². The number of sulfonamides is 1. The summed E-state index contributed by atoms with van der Waals surface area (Å²) >= 11 is 9.13. The lowest BCUT2D eigenvalue weighted by molar-refractivity contribution is 0.400. The fraction of sp³-hybridized carbons (Fsp3) is 0.0714. The van der Waals surface area contributed by atoms with E-state index in [1.54, 1.807) is 6.07 Å². The molecule has 2 aromatic rings. The predicted octanol–water partition coefficient (Wildman–Crippen LogP) is 3.78. The average Bonchev–Trinajstić information content (AvgIpc) is 2.47. The van der Waals surface area contributed by atoms with Crippen molar-refractivity contribution < 1.29 is 13.2 Å². The molecule has 0 unspecified atom stereocenters. The summed E-state index contributed by atoms with van der Waals surface area (Å²) in [6, 6.07) is 10.8. The molecule has 0 saturated heterocycles. The summed E-state index contributed by atoms with van der Waals surface area (Å²) in [7, 11) is -2.52. The Morgan fingerprint density at radius 3 is 2.45 bits per heavy atom. The molecule has 0 heterocycles. The minimum atomic E-state index is -3.89. The van der Waals surface area contributed by atoms with Gasteiger partial charge in [0, 0.05) is 10.7 Å². The minimum absolute atomic E-state index is 0.0845. The second kappa shape index (κ2) is 6.57. The number of nitrogens with zero attached hydrogens (tertiary/aromatic N) is 1. The molecule has 0 bridgehead atoms. The van der Waals surface area contributed by atoms with Gasteiger partial charge >= 0.3 is 0 Å². The maximum absolute atomic E-state index is 12.5. The first-order chi connectivity index (χ1) is 10.4. The average molecular weight is 402 g/mol. The van der Waals surface area contributed by atoms with Gasteiger partial charge in [-0.25, -0.2) is 8.42 Å². The van der Waals surface area contributed by atoms with Crippen LogP contribution in [0.15, 0.2) is 45.8 Å². The zero-order valence-electron chi connectivity index (χ0n) is 11.3. The van der Waals surface area contributed by atoms with Gasteiger partial charge in [-0.2, -0.15) is 5.26 Å². The molecule has 0 spiro atoms. The van der Waals surface area contributed by atoms with Crippen LogP contribution in [0.3, 0.4) is 0 Å². The van der Waals surface area contributed by atoms with Crippen LogP contribution in [0.25, 0.3) is 0 Å². The van der Waals surface area contributed by atoms with Crippen molar-refractivity contribution in [2.24, 2.45) is 0 Å². The van der Waals surface area contributed by atoms with Gasteiger partial charge in [-0.05, 0) is 52.3 Å². The van der Waals surface area contributed by atoms with Crippen molar-refractivity contribution in [2.45, 2.75) is 4.90 Å². The van der Waals surface area contributed by atoms with E-state index in [1.807, 2.05) is 6.07 Å². The van der Waals surface area contributed by atoms with Crippen LogP contribution in [0, 0.1) is 11.3 Å². The number of methoxy groups -OCH3 is 1. The van der Waals surface area contributed by atoms with Crippen LogP contribution in [-0.4, -0.2) is 15.5 Å². The summed E-state index contributed by atoms with van der Waals surface area (Å²) in [5.41, 5.74) is 0.767. The van der Waals surface area contributed by atoms with Gasteiger partial charge in [0.05, 0.1) is 23.2 Å². The third-order valence-corrected chi connectivity index (χ3v) is 4.93. The van der Waals surface area contributed by atoms with Gasteiger partial charge in [0.1, 0.15) is 4.90 Å². The van der Waals surface area contributed by atoms with E-state index in [-0.39, 0.29) is 15.7 Å². The van der Waals surface area contributed by atoms with Gasteiger partial charge in [0.25, 0.3) is 10.0 Å². The molecule has 0 aromatic heterocycles. The minimum Gasteiger partial charge on any atom is -0.494 e. The standard InChI is InChI=1S/C14H10BrClN2O3S/c1-21-14-12(15)6-10(16)7-13(14)22(19,20)18-11-4-2-9(8-17)3-5-11/h2-7,18H,1H3. The Morgan fingerprint density at radius 2 is 1.91 bits per heavy atom. The SMILES string of the molecule is COc1c(Br)cc(Cl)cc1S(=O)(=O)Nc1ccc(C#N)cc1. The van der Waals surface area contributed by atoms with Crippen molar-refractivity contribution >= 4 is 43.2 Å². The maximum atomic E-state index is 12.5. The normalized spacial score (nSPS) is 10.8. The van der Waals surface area contributed by atoms with E-state index >= 15 is 0 Å². The summed E-state index contributed by atoms with van der Waals surface area (Å²) < 4.78 is 33.0. The van der Waals surface area contributed by atoms with Gasteiger partial charge < -0.3 is 4.74 Å². The molecular weight excluding hydrogens is 392 g/mol. The van der Waals surface area contributed by atoms with Crippen molar-refractivity contribution in [3.05, 3.63) is 51.5 Å². The van der Waals surface area contributed by atoms with Crippen LogP contribution >= 0.6 is 27.5 Å². The quantitative estimate of drug-likeness (QED) is 0.845. The van der Waals surface area contributed by atoms with E-state index < -0.39 is 10.0 Å². The molecule has 0 saturated carbocycles. The lowest BCUT2D eigenvalue weighted by Crippen LogP contribution is -2.14. The van der Waals surface area contributed by atoms with Gasteiger partial charge in [0.2, 0.25) is 0 Å². The summed E-state index contributed by atoms with van der Waals surface area (Å²) in [5.74, 6) is 0.158. The molecular formula is C14H10BrClN2O3S. The molecule has 0 fully saturated rings. The van der Waals surface area contributed by atoms with E-state index in [2.05, 4.69) is 20.7 Å². The third kappa shape index (κ3) is 3.53. The Morgan fingerprint density at radius 1 is 1.27 bits per heavy atom. The molecule has 8 heteroatoms. The molecule has 2 rings (SSSR count). The summed E-state index contributed by atoms with van der Waals surface area (Å²) in [6.45, 7) is 0. The number of nitrogens with one attached hydrogen (secondary N) is 1. The number of benzene rings is 2. The fourth-order valence-electron chi connectivity index (χ4n) is 1.76. The molecule has 0 aliphatic rings. The fourth-order valence-corrected chi connectivity index (χ4v) is 4.20.